The van der Waals surface area contributed by atoms with Crippen molar-refractivity contribution < 1.29 is 0 Å². The van der Waals surface area contributed by atoms with E-state index in [-0.39, 0.29) is 0 Å². The van der Waals surface area contributed by atoms with Gasteiger partial charge in [-0.05, 0) is 79.0 Å². The fourth-order valence-corrected chi connectivity index (χ4v) is 5.95. The lowest BCUT2D eigenvalue weighted by Crippen LogP contribution is -2.26. The fourth-order valence-electron chi connectivity index (χ4n) is 5.54. The maximum Gasteiger partial charge on any atom is 0.0328 e. The first kappa shape index (κ1) is 11.3. The van der Waals surface area contributed by atoms with E-state index in [0.29, 0.717) is 6.04 Å². The van der Waals surface area contributed by atoms with E-state index >= 15 is 0 Å². The molecule has 4 aliphatic carbocycles. The zero-order valence-corrected chi connectivity index (χ0v) is 12.7. The van der Waals surface area contributed by atoms with Gasteiger partial charge in [-0.25, -0.2) is 0 Å². The molecule has 5 unspecified atom stereocenters. The normalized spacial score (nSPS) is 45.3. The maximum absolute atomic E-state index is 4.02. The molecule has 1 N–H and O–H groups in total. The van der Waals surface area contributed by atoms with E-state index < -0.39 is 0 Å². The van der Waals surface area contributed by atoms with Crippen LogP contribution in [0.15, 0.2) is 22.7 Å². The van der Waals surface area contributed by atoms with Crippen molar-refractivity contribution in [3.8, 4) is 0 Å². The number of hydrogen-bond acceptors (Lipinski definition) is 1. The van der Waals surface area contributed by atoms with Crippen LogP contribution in [0.4, 0.5) is 0 Å². The maximum atomic E-state index is 4.02. The number of aryl methyl sites for hydroxylation is 1. The minimum Gasteiger partial charge on any atom is -0.307 e. The third-order valence-corrected chi connectivity index (χ3v) is 6.80. The van der Waals surface area contributed by atoms with E-state index in [1.54, 1.807) is 17.5 Å². The zero-order chi connectivity index (χ0) is 12.6. The number of rotatable bonds is 2. The molecular weight excluding hydrogens is 298 g/mol. The topological polar surface area (TPSA) is 12.0 Å². The molecule has 19 heavy (non-hydrogen) atoms. The smallest absolute Gasteiger partial charge is 0.0328 e. The highest BCUT2D eigenvalue weighted by Gasteiger charge is 2.65. The second kappa shape index (κ2) is 3.85. The molecule has 5 atom stereocenters. The van der Waals surface area contributed by atoms with Crippen LogP contribution in [0, 0.1) is 23.7 Å². The van der Waals surface area contributed by atoms with E-state index in [0.717, 1.165) is 29.7 Å². The lowest BCUT2D eigenvalue weighted by Gasteiger charge is -2.17. The molecule has 100 valence electrons. The molecule has 0 amide bonds. The highest BCUT2D eigenvalue weighted by atomic mass is 79.9. The summed E-state index contributed by atoms with van der Waals surface area (Å²) in [5, 5.41) is 4.02. The zero-order valence-electron chi connectivity index (χ0n) is 11.1. The molecule has 4 aliphatic rings. The van der Waals surface area contributed by atoms with Crippen LogP contribution < -0.4 is 5.32 Å². The summed E-state index contributed by atoms with van der Waals surface area (Å²) < 4.78 is 1.23. The van der Waals surface area contributed by atoms with E-state index in [4.69, 9.17) is 0 Å². The molecule has 1 aromatic rings. The summed E-state index contributed by atoms with van der Waals surface area (Å²) in [6, 6.07) is 8.35. The highest BCUT2D eigenvalue weighted by Crippen LogP contribution is 2.66. The molecule has 1 nitrogen and oxygen atoms in total. The van der Waals surface area contributed by atoms with Crippen molar-refractivity contribution in [3.63, 3.8) is 0 Å². The summed E-state index contributed by atoms with van der Waals surface area (Å²) in [4.78, 5) is 0. The Hall–Kier alpha value is -0.340. The molecule has 3 saturated carbocycles. The monoisotopic (exact) mass is 317 g/mol. The third-order valence-electron chi connectivity index (χ3n) is 6.31. The van der Waals surface area contributed by atoms with Gasteiger partial charge >= 0.3 is 0 Å². The molecular formula is C17H20BrN. The lowest BCUT2D eigenvalue weighted by atomic mass is 10.0. The van der Waals surface area contributed by atoms with E-state index in [1.165, 1.54) is 30.2 Å². The SMILES string of the molecule is Brc1ccc2c(c1)CCC2NC1C2C3CCC(C3)C12. The average Bonchev–Trinajstić information content (AvgIpc) is 2.79. The van der Waals surface area contributed by atoms with E-state index in [9.17, 15) is 0 Å². The van der Waals surface area contributed by atoms with E-state index in [2.05, 4.69) is 39.4 Å². The number of hydrogen-bond donors (Lipinski definition) is 1. The molecule has 0 aromatic heterocycles. The molecule has 0 aliphatic heterocycles. The van der Waals surface area contributed by atoms with Gasteiger partial charge in [0, 0.05) is 16.6 Å². The Morgan fingerprint density at radius 3 is 2.63 bits per heavy atom. The van der Waals surface area contributed by atoms with Gasteiger partial charge in [0.25, 0.3) is 0 Å². The lowest BCUT2D eigenvalue weighted by molar-refractivity contribution is 0.420. The van der Waals surface area contributed by atoms with Crippen LogP contribution in [-0.4, -0.2) is 6.04 Å². The number of fused-ring (bicyclic) bond motifs is 6. The van der Waals surface area contributed by atoms with Gasteiger partial charge in [0.1, 0.15) is 0 Å². The van der Waals surface area contributed by atoms with Gasteiger partial charge in [-0.2, -0.15) is 0 Å². The number of halogens is 1. The van der Waals surface area contributed by atoms with Crippen LogP contribution >= 0.6 is 15.9 Å². The van der Waals surface area contributed by atoms with Crippen molar-refractivity contribution in [1.82, 2.24) is 5.32 Å². The number of nitrogens with one attached hydrogen (secondary N) is 1. The first-order chi connectivity index (χ1) is 9.31. The van der Waals surface area contributed by atoms with Crippen molar-refractivity contribution in [3.05, 3.63) is 33.8 Å². The van der Waals surface area contributed by atoms with Crippen molar-refractivity contribution >= 4 is 15.9 Å². The predicted molar refractivity (Wildman–Crippen MR) is 79.9 cm³/mol. The van der Waals surface area contributed by atoms with E-state index in [1.807, 2.05) is 0 Å². The summed E-state index contributed by atoms with van der Waals surface area (Å²) in [5.74, 6) is 4.27. The second-order valence-electron chi connectivity index (χ2n) is 7.11. The minimum absolute atomic E-state index is 0.637. The van der Waals surface area contributed by atoms with Crippen LogP contribution in [-0.2, 0) is 6.42 Å². The molecule has 2 heteroatoms. The van der Waals surface area contributed by atoms with Gasteiger partial charge in [-0.3, -0.25) is 0 Å². The molecule has 0 heterocycles. The van der Waals surface area contributed by atoms with Gasteiger partial charge in [-0.1, -0.05) is 22.0 Å². The van der Waals surface area contributed by atoms with Gasteiger partial charge < -0.3 is 5.32 Å². The van der Waals surface area contributed by atoms with Crippen LogP contribution in [0.3, 0.4) is 0 Å². The minimum atomic E-state index is 0.637. The average molecular weight is 318 g/mol. The summed E-state index contributed by atoms with van der Waals surface area (Å²) in [6.45, 7) is 0. The quantitative estimate of drug-likeness (QED) is 0.867. The predicted octanol–water partition coefficient (Wildman–Crippen LogP) is 4.07. The standard InChI is InChI=1S/C17H20BrN/c18-12-4-5-13-9(8-12)3-6-14(13)19-17-15-10-1-2-11(7-10)16(15)17/h4-5,8,10-11,14-17,19H,1-3,6-7H2. The first-order valence-electron chi connectivity index (χ1n) is 7.85. The Bertz CT molecular complexity index is 524. The van der Waals surface area contributed by atoms with Gasteiger partial charge in [0.2, 0.25) is 0 Å². The van der Waals surface area contributed by atoms with Crippen LogP contribution in [0.2, 0.25) is 0 Å². The molecule has 2 bridgehead atoms. The molecule has 1 aromatic carbocycles. The van der Waals surface area contributed by atoms with Gasteiger partial charge in [0.05, 0.1) is 0 Å². The Morgan fingerprint density at radius 2 is 1.84 bits per heavy atom. The highest BCUT2D eigenvalue weighted by molar-refractivity contribution is 9.10. The Balaban J connectivity index is 1.35. The summed E-state index contributed by atoms with van der Waals surface area (Å²) in [7, 11) is 0. The largest absolute Gasteiger partial charge is 0.307 e. The third kappa shape index (κ3) is 1.56. The summed E-state index contributed by atoms with van der Waals surface area (Å²) in [5.41, 5.74) is 3.13. The van der Waals surface area contributed by atoms with Crippen molar-refractivity contribution in [2.24, 2.45) is 23.7 Å². The Kier molecular flexibility index (Phi) is 2.30. The summed E-state index contributed by atoms with van der Waals surface area (Å²) in [6.07, 6.45) is 7.16. The van der Waals surface area contributed by atoms with Crippen molar-refractivity contribution in [2.75, 3.05) is 0 Å². The van der Waals surface area contributed by atoms with Crippen molar-refractivity contribution in [1.29, 1.82) is 0 Å². The van der Waals surface area contributed by atoms with Crippen molar-refractivity contribution in [2.45, 2.75) is 44.2 Å². The molecule has 0 spiro atoms. The molecule has 5 rings (SSSR count). The van der Waals surface area contributed by atoms with Gasteiger partial charge in [0.15, 0.2) is 0 Å². The molecule has 0 saturated heterocycles. The first-order valence-corrected chi connectivity index (χ1v) is 8.65. The summed E-state index contributed by atoms with van der Waals surface area (Å²) >= 11 is 3.59. The van der Waals surface area contributed by atoms with Crippen LogP contribution in [0.25, 0.3) is 0 Å². The van der Waals surface area contributed by atoms with Crippen LogP contribution in [0.1, 0.15) is 42.9 Å². The van der Waals surface area contributed by atoms with Crippen LogP contribution in [0.5, 0.6) is 0 Å². The Labute approximate surface area is 123 Å². The molecule has 0 radical (unpaired) electrons. The fraction of sp³-hybridized carbons (Fsp3) is 0.647. The number of benzene rings is 1. The second-order valence-corrected chi connectivity index (χ2v) is 8.03. The molecule has 3 fully saturated rings. The Morgan fingerprint density at radius 1 is 1.05 bits per heavy atom. The van der Waals surface area contributed by atoms with Gasteiger partial charge in [-0.15, -0.1) is 0 Å².